The van der Waals surface area contributed by atoms with Crippen molar-refractivity contribution in [3.05, 3.63) is 139 Å². The van der Waals surface area contributed by atoms with Gasteiger partial charge in [0.15, 0.2) is 0 Å². The van der Waals surface area contributed by atoms with Crippen LogP contribution in [0.5, 0.6) is 0 Å². The number of thiophene rings is 4. The van der Waals surface area contributed by atoms with E-state index in [1.54, 1.807) is 45.3 Å². The van der Waals surface area contributed by atoms with Crippen LogP contribution < -0.4 is 10.7 Å². The first kappa shape index (κ1) is 30.1. The van der Waals surface area contributed by atoms with Crippen LogP contribution in [0.25, 0.3) is 53.2 Å². The molecule has 1 N–H and O–H groups in total. The lowest BCUT2D eigenvalue weighted by molar-refractivity contribution is 1.10. The number of hydrogen-bond acceptors (Lipinski definition) is 9. The van der Waals surface area contributed by atoms with Crippen LogP contribution in [0.2, 0.25) is 0 Å². The van der Waals surface area contributed by atoms with Crippen molar-refractivity contribution in [1.82, 2.24) is 9.97 Å². The monoisotopic (exact) mass is 698 g/mol. The van der Waals surface area contributed by atoms with Gasteiger partial charge in [-0.3, -0.25) is 5.41 Å². The molecule has 0 fully saturated rings. The third kappa shape index (κ3) is 5.48. The van der Waals surface area contributed by atoms with Gasteiger partial charge in [-0.25, -0.2) is 14.4 Å². The lowest BCUT2D eigenvalue weighted by Crippen LogP contribution is -2.45. The fourth-order valence-electron chi connectivity index (χ4n) is 5.69. The summed E-state index contributed by atoms with van der Waals surface area (Å²) in [4.78, 5) is 17.1. The van der Waals surface area contributed by atoms with Gasteiger partial charge >= 0.3 is 0 Å². The summed E-state index contributed by atoms with van der Waals surface area (Å²) in [6.45, 7) is 4.19. The van der Waals surface area contributed by atoms with Gasteiger partial charge in [0.05, 0.1) is 15.5 Å². The first-order chi connectivity index (χ1) is 23.0. The minimum atomic E-state index is 0.292. The Morgan fingerprint density at radius 2 is 1.00 bits per heavy atom. The predicted octanol–water partition coefficient (Wildman–Crippen LogP) is 9.72. The number of fused-ring (bicyclic) bond motifs is 1. The maximum Gasteiger partial charge on any atom is 0.108 e. The van der Waals surface area contributed by atoms with Crippen molar-refractivity contribution in [2.45, 2.75) is 13.8 Å². The van der Waals surface area contributed by atoms with Crippen molar-refractivity contribution in [2.75, 3.05) is 0 Å². The number of thiol groups is 1. The van der Waals surface area contributed by atoms with E-state index < -0.39 is 0 Å². The van der Waals surface area contributed by atoms with Crippen LogP contribution >= 0.6 is 58.2 Å². The second kappa shape index (κ2) is 12.4. The minimum absolute atomic E-state index is 0.292. The first-order valence-corrected chi connectivity index (χ1v) is 18.7. The zero-order valence-electron chi connectivity index (χ0n) is 25.3. The molecule has 0 bridgehead atoms. The Hall–Kier alpha value is -4.25. The highest BCUT2D eigenvalue weighted by Gasteiger charge is 2.30. The Bertz CT molecular complexity index is 2430. The second-order valence-electron chi connectivity index (χ2n) is 11.2. The van der Waals surface area contributed by atoms with Crippen LogP contribution in [-0.4, -0.2) is 21.4 Å². The van der Waals surface area contributed by atoms with E-state index in [2.05, 4.69) is 127 Å². The molecule has 1 aliphatic rings. The zero-order chi connectivity index (χ0) is 32.1. The van der Waals surface area contributed by atoms with E-state index in [4.69, 9.17) is 9.97 Å². The molecule has 0 saturated heterocycles. The standard InChI is InChI=1S/C38H26N4S5/c1-21-7-11-23(12-8-21)25-15-17-27(46-25)31-33(39)36(42-43)32(28-18-16-26(47-28)24-13-9-22(2)10-14-24)38-37(31)40-34(29-5-3-19-44-29)35(41-38)30-6-4-20-45-30/h3-20,39,43H,1-2H3/b39-33?,42-36-. The largest absolute Gasteiger partial charge is 0.298 e. The average Bonchev–Trinajstić information content (AvgIpc) is 3.92. The van der Waals surface area contributed by atoms with Crippen molar-refractivity contribution in [1.29, 1.82) is 5.41 Å². The highest BCUT2D eigenvalue weighted by atomic mass is 32.1. The van der Waals surface area contributed by atoms with Gasteiger partial charge in [-0.05, 0) is 84.9 Å². The summed E-state index contributed by atoms with van der Waals surface area (Å²) in [7, 11) is 0. The number of benzene rings is 2. The normalized spacial score (nSPS) is 13.9. The molecule has 1 aliphatic carbocycles. The summed E-state index contributed by atoms with van der Waals surface area (Å²) in [5.74, 6) is 0. The summed E-state index contributed by atoms with van der Waals surface area (Å²) in [5, 5.41) is 15.2. The Morgan fingerprint density at radius 1 is 0.553 bits per heavy atom. The third-order valence-corrected chi connectivity index (χ3v) is 12.3. The Labute approximate surface area is 293 Å². The van der Waals surface area contributed by atoms with Crippen molar-refractivity contribution < 1.29 is 0 Å². The summed E-state index contributed by atoms with van der Waals surface area (Å²) in [6.07, 6.45) is 0. The van der Waals surface area contributed by atoms with Crippen LogP contribution in [0.3, 0.4) is 0 Å². The highest BCUT2D eigenvalue weighted by molar-refractivity contribution is 7.79. The van der Waals surface area contributed by atoms with Gasteiger partial charge in [0.25, 0.3) is 0 Å². The minimum Gasteiger partial charge on any atom is -0.298 e. The molecule has 5 heterocycles. The van der Waals surface area contributed by atoms with Gasteiger partial charge in [-0.15, -0.1) is 45.3 Å². The SMILES string of the molecule is Cc1ccc(-c2ccc(C3=c4nc(-c5cccs5)c(-c5cccs5)nc4=C(c4ccc(-c5ccc(C)cc5)s4)/C(=N/S)C3=N)s2)cc1. The molecule has 0 aliphatic heterocycles. The molecule has 0 unspecified atom stereocenters. The molecule has 9 heteroatoms. The zero-order valence-corrected chi connectivity index (χ0v) is 29.5. The Kier molecular flexibility index (Phi) is 7.95. The summed E-state index contributed by atoms with van der Waals surface area (Å²) < 4.78 is 4.47. The van der Waals surface area contributed by atoms with Crippen LogP contribution in [0, 0.1) is 19.3 Å². The van der Waals surface area contributed by atoms with Crippen molar-refractivity contribution >= 4 is 80.7 Å². The Balaban J connectivity index is 1.45. The quantitative estimate of drug-likeness (QED) is 0.170. The lowest BCUT2D eigenvalue weighted by atomic mass is 9.92. The van der Waals surface area contributed by atoms with Crippen LogP contribution in [0.4, 0.5) is 0 Å². The molecule has 0 radical (unpaired) electrons. The number of nitrogens with zero attached hydrogens (tertiary/aromatic N) is 3. The van der Waals surface area contributed by atoms with Gasteiger partial charge in [0.1, 0.15) is 27.8 Å². The van der Waals surface area contributed by atoms with Crippen LogP contribution in [0.15, 0.2) is 112 Å². The highest BCUT2D eigenvalue weighted by Crippen LogP contribution is 2.38. The summed E-state index contributed by atoms with van der Waals surface area (Å²) in [6, 6.07) is 33.8. The molecule has 0 spiro atoms. The van der Waals surface area contributed by atoms with Crippen LogP contribution in [0.1, 0.15) is 20.9 Å². The smallest absolute Gasteiger partial charge is 0.108 e. The first-order valence-electron chi connectivity index (χ1n) is 14.9. The van der Waals surface area contributed by atoms with Crippen molar-refractivity contribution in [3.63, 3.8) is 0 Å². The fourth-order valence-corrected chi connectivity index (χ4v) is 9.44. The van der Waals surface area contributed by atoms with Gasteiger partial charge in [-0.2, -0.15) is 0 Å². The van der Waals surface area contributed by atoms with E-state index in [1.807, 2.05) is 12.1 Å². The predicted molar refractivity (Wildman–Crippen MR) is 206 cm³/mol. The van der Waals surface area contributed by atoms with Gasteiger partial charge in [0, 0.05) is 30.7 Å². The van der Waals surface area contributed by atoms with E-state index in [-0.39, 0.29) is 0 Å². The molecule has 0 amide bonds. The second-order valence-corrected chi connectivity index (χ2v) is 15.5. The lowest BCUT2D eigenvalue weighted by Gasteiger charge is -2.19. The molecule has 228 valence electrons. The van der Waals surface area contributed by atoms with E-state index >= 15 is 0 Å². The van der Waals surface area contributed by atoms with Crippen LogP contribution in [-0.2, 0) is 0 Å². The van der Waals surface area contributed by atoms with E-state index in [9.17, 15) is 5.41 Å². The molecule has 8 rings (SSSR count). The van der Waals surface area contributed by atoms with Crippen molar-refractivity contribution in [3.8, 4) is 42.0 Å². The number of rotatable bonds is 6. The molecule has 4 nitrogen and oxygen atoms in total. The van der Waals surface area contributed by atoms with E-state index in [1.165, 1.54) is 11.1 Å². The Morgan fingerprint density at radius 3 is 1.45 bits per heavy atom. The molecular weight excluding hydrogens is 673 g/mol. The number of hydrogen-bond donors (Lipinski definition) is 2. The number of nitrogens with one attached hydrogen (secondary N) is 1. The molecule has 5 aromatic heterocycles. The van der Waals surface area contributed by atoms with E-state index in [0.717, 1.165) is 68.3 Å². The molecule has 0 saturated carbocycles. The van der Waals surface area contributed by atoms with Gasteiger partial charge in [0.2, 0.25) is 0 Å². The maximum absolute atomic E-state index is 9.64. The molecular formula is C38H26N4S5. The molecule has 47 heavy (non-hydrogen) atoms. The van der Waals surface area contributed by atoms with Gasteiger partial charge in [-0.1, -0.05) is 71.8 Å². The topological polar surface area (TPSA) is 62.0 Å². The van der Waals surface area contributed by atoms with Crippen molar-refractivity contribution in [2.24, 2.45) is 4.40 Å². The molecule has 7 aromatic rings. The average molecular weight is 699 g/mol. The van der Waals surface area contributed by atoms with Gasteiger partial charge < -0.3 is 0 Å². The summed E-state index contributed by atoms with van der Waals surface area (Å²) in [5.41, 5.74) is 8.67. The number of aromatic nitrogens is 2. The molecule has 2 aromatic carbocycles. The van der Waals surface area contributed by atoms with E-state index in [0.29, 0.717) is 16.8 Å². The third-order valence-electron chi connectivity index (χ3n) is 8.08. The number of aryl methyl sites for hydroxylation is 2. The maximum atomic E-state index is 9.64. The fraction of sp³-hybridized carbons (Fsp3) is 0.0526. The summed E-state index contributed by atoms with van der Waals surface area (Å²) >= 11 is 11.1. The molecule has 0 atom stereocenters.